The molecule has 3 rings (SSSR count). The molecular weight excluding hydrogens is 336 g/mol. The third-order valence-electron chi connectivity index (χ3n) is 4.31. The van der Waals surface area contributed by atoms with Crippen molar-refractivity contribution in [1.29, 1.82) is 0 Å². The Morgan fingerprint density at radius 3 is 2.50 bits per heavy atom. The number of β-amino-alcohol motifs (C(OH)–C–C–N with tert-alkyl or cyclic N) is 1. The second kappa shape index (κ2) is 7.95. The van der Waals surface area contributed by atoms with Gasteiger partial charge in [-0.05, 0) is 63.3 Å². The lowest BCUT2D eigenvalue weighted by molar-refractivity contribution is -0.142. The number of fused-ring (bicyclic) bond motifs is 1. The maximum Gasteiger partial charge on any atom is 0.411 e. The van der Waals surface area contributed by atoms with E-state index in [9.17, 15) is 14.7 Å². The molecule has 1 heterocycles. The zero-order valence-corrected chi connectivity index (χ0v) is 15.6. The SMILES string of the molecule is CC(C)(C)OC(=O)N1C[C@H](O)C[C@H]1C(=O)O.Nc1ccc2c(c1)CCC2. The van der Waals surface area contributed by atoms with Crippen molar-refractivity contribution >= 4 is 17.7 Å². The van der Waals surface area contributed by atoms with Gasteiger partial charge in [0.25, 0.3) is 0 Å². The van der Waals surface area contributed by atoms with E-state index >= 15 is 0 Å². The minimum Gasteiger partial charge on any atom is -0.480 e. The quantitative estimate of drug-likeness (QED) is 0.659. The molecule has 144 valence electrons. The number of anilines is 1. The van der Waals surface area contributed by atoms with Gasteiger partial charge in [0, 0.05) is 12.1 Å². The monoisotopic (exact) mass is 364 g/mol. The van der Waals surface area contributed by atoms with Gasteiger partial charge < -0.3 is 20.7 Å². The van der Waals surface area contributed by atoms with E-state index in [1.54, 1.807) is 20.8 Å². The second-order valence-corrected chi connectivity index (χ2v) is 7.76. The maximum absolute atomic E-state index is 11.7. The van der Waals surface area contributed by atoms with E-state index in [1.165, 1.54) is 30.4 Å². The molecule has 1 amide bonds. The van der Waals surface area contributed by atoms with Crippen LogP contribution >= 0.6 is 0 Å². The lowest BCUT2D eigenvalue weighted by atomic mass is 10.1. The Morgan fingerprint density at radius 1 is 1.23 bits per heavy atom. The van der Waals surface area contributed by atoms with Crippen LogP contribution in [0.1, 0.15) is 44.7 Å². The Labute approximate surface area is 153 Å². The number of likely N-dealkylation sites (tertiary alicyclic amines) is 1. The van der Waals surface area contributed by atoms with Crippen molar-refractivity contribution in [3.8, 4) is 0 Å². The first-order valence-corrected chi connectivity index (χ1v) is 8.84. The number of hydrogen-bond donors (Lipinski definition) is 3. The summed E-state index contributed by atoms with van der Waals surface area (Å²) in [4.78, 5) is 23.6. The molecule has 0 bridgehead atoms. The van der Waals surface area contributed by atoms with Gasteiger partial charge in [0.05, 0.1) is 12.6 Å². The fourth-order valence-corrected chi connectivity index (χ4v) is 3.16. The van der Waals surface area contributed by atoms with Crippen molar-refractivity contribution in [2.45, 2.75) is 64.2 Å². The number of amides is 1. The predicted octanol–water partition coefficient (Wildman–Crippen LogP) is 2.20. The number of aliphatic carboxylic acids is 1. The number of rotatable bonds is 1. The molecular formula is C19H28N2O5. The van der Waals surface area contributed by atoms with E-state index < -0.39 is 29.8 Å². The number of aliphatic hydroxyl groups excluding tert-OH is 1. The number of nitrogens with zero attached hydrogens (tertiary/aromatic N) is 1. The van der Waals surface area contributed by atoms with Crippen molar-refractivity contribution in [3.05, 3.63) is 29.3 Å². The van der Waals surface area contributed by atoms with Gasteiger partial charge in [-0.2, -0.15) is 0 Å². The molecule has 1 aromatic rings. The number of carboxylic acid groups (broad SMARTS) is 1. The highest BCUT2D eigenvalue weighted by atomic mass is 16.6. The summed E-state index contributed by atoms with van der Waals surface area (Å²) >= 11 is 0. The van der Waals surface area contributed by atoms with Crippen molar-refractivity contribution in [2.24, 2.45) is 0 Å². The van der Waals surface area contributed by atoms with Crippen LogP contribution in [-0.4, -0.2) is 51.5 Å². The van der Waals surface area contributed by atoms with Crippen LogP contribution in [0, 0.1) is 0 Å². The highest BCUT2D eigenvalue weighted by molar-refractivity contribution is 5.81. The first-order chi connectivity index (χ1) is 12.1. The highest BCUT2D eigenvalue weighted by Gasteiger charge is 2.40. The van der Waals surface area contributed by atoms with Gasteiger partial charge in [0.2, 0.25) is 0 Å². The summed E-state index contributed by atoms with van der Waals surface area (Å²) in [6, 6.07) is 5.24. The van der Waals surface area contributed by atoms with E-state index in [1.807, 2.05) is 6.07 Å². The van der Waals surface area contributed by atoms with Gasteiger partial charge in [-0.25, -0.2) is 9.59 Å². The number of benzene rings is 1. The van der Waals surface area contributed by atoms with Gasteiger partial charge in [-0.1, -0.05) is 6.07 Å². The molecule has 0 saturated carbocycles. The molecule has 0 aromatic heterocycles. The highest BCUT2D eigenvalue weighted by Crippen LogP contribution is 2.23. The fourth-order valence-electron chi connectivity index (χ4n) is 3.16. The van der Waals surface area contributed by atoms with Crippen LogP contribution in [0.2, 0.25) is 0 Å². The van der Waals surface area contributed by atoms with Crippen LogP contribution in [0.4, 0.5) is 10.5 Å². The van der Waals surface area contributed by atoms with E-state index in [2.05, 4.69) is 12.1 Å². The number of hydrogen-bond acceptors (Lipinski definition) is 5. The normalized spacial score (nSPS) is 21.6. The molecule has 2 atom stereocenters. The van der Waals surface area contributed by atoms with Crippen molar-refractivity contribution in [3.63, 3.8) is 0 Å². The maximum atomic E-state index is 11.7. The second-order valence-electron chi connectivity index (χ2n) is 7.76. The average molecular weight is 364 g/mol. The zero-order valence-electron chi connectivity index (χ0n) is 15.6. The summed E-state index contributed by atoms with van der Waals surface area (Å²) in [5, 5.41) is 18.2. The molecule has 7 nitrogen and oxygen atoms in total. The van der Waals surface area contributed by atoms with Crippen LogP contribution in [-0.2, 0) is 22.4 Å². The van der Waals surface area contributed by atoms with Crippen LogP contribution in [0.3, 0.4) is 0 Å². The number of ether oxygens (including phenoxy) is 1. The number of aliphatic hydroxyl groups is 1. The Hall–Kier alpha value is -2.28. The lowest BCUT2D eigenvalue weighted by Gasteiger charge is -2.26. The summed E-state index contributed by atoms with van der Waals surface area (Å²) in [6.07, 6.45) is 2.33. The summed E-state index contributed by atoms with van der Waals surface area (Å²) < 4.78 is 5.06. The summed E-state index contributed by atoms with van der Waals surface area (Å²) in [7, 11) is 0. The van der Waals surface area contributed by atoms with Crippen molar-refractivity contribution in [2.75, 3.05) is 12.3 Å². The molecule has 0 radical (unpaired) electrons. The largest absolute Gasteiger partial charge is 0.480 e. The van der Waals surface area contributed by atoms with E-state index in [0.717, 1.165) is 10.6 Å². The average Bonchev–Trinajstić information content (AvgIpc) is 3.11. The number of nitrogens with two attached hydrogens (primary N) is 1. The Kier molecular flexibility index (Phi) is 6.13. The molecule has 26 heavy (non-hydrogen) atoms. The minimum absolute atomic E-state index is 0.00583. The number of carbonyl (C=O) groups is 2. The molecule has 1 aliphatic carbocycles. The molecule has 4 N–H and O–H groups in total. The van der Waals surface area contributed by atoms with Gasteiger partial charge in [-0.3, -0.25) is 4.90 Å². The van der Waals surface area contributed by atoms with Crippen molar-refractivity contribution in [1.82, 2.24) is 4.90 Å². The van der Waals surface area contributed by atoms with Crippen LogP contribution in [0.5, 0.6) is 0 Å². The summed E-state index contributed by atoms with van der Waals surface area (Å²) in [5.41, 5.74) is 8.81. The molecule has 1 saturated heterocycles. The minimum atomic E-state index is -1.12. The third kappa shape index (κ3) is 5.36. The van der Waals surface area contributed by atoms with Gasteiger partial charge in [-0.15, -0.1) is 0 Å². The summed E-state index contributed by atoms with van der Waals surface area (Å²) in [6.45, 7) is 5.11. The Morgan fingerprint density at radius 2 is 1.88 bits per heavy atom. The molecule has 1 fully saturated rings. The molecule has 7 heteroatoms. The van der Waals surface area contributed by atoms with E-state index in [-0.39, 0.29) is 13.0 Å². The number of aryl methyl sites for hydroxylation is 2. The number of carbonyl (C=O) groups excluding carboxylic acids is 1. The van der Waals surface area contributed by atoms with Crippen LogP contribution in [0.25, 0.3) is 0 Å². The topological polar surface area (TPSA) is 113 Å². The lowest BCUT2D eigenvalue weighted by Crippen LogP contribution is -2.43. The predicted molar refractivity (Wildman–Crippen MR) is 97.9 cm³/mol. The van der Waals surface area contributed by atoms with Gasteiger partial charge >= 0.3 is 12.1 Å². The van der Waals surface area contributed by atoms with Gasteiger partial charge in [0.15, 0.2) is 0 Å². The molecule has 0 unspecified atom stereocenters. The smallest absolute Gasteiger partial charge is 0.411 e. The Bertz CT molecular complexity index is 668. The fraction of sp³-hybridized carbons (Fsp3) is 0.579. The van der Waals surface area contributed by atoms with Gasteiger partial charge in [0.1, 0.15) is 11.6 Å². The van der Waals surface area contributed by atoms with Crippen LogP contribution < -0.4 is 5.73 Å². The molecule has 2 aliphatic rings. The number of nitrogen functional groups attached to an aromatic ring is 1. The van der Waals surface area contributed by atoms with E-state index in [0.29, 0.717) is 0 Å². The molecule has 1 aromatic carbocycles. The van der Waals surface area contributed by atoms with E-state index in [4.69, 9.17) is 15.6 Å². The van der Waals surface area contributed by atoms with Crippen LogP contribution in [0.15, 0.2) is 18.2 Å². The molecule has 1 aliphatic heterocycles. The Balaban J connectivity index is 0.000000206. The number of carboxylic acids is 1. The standard InChI is InChI=1S/C10H17NO5.C9H11N/c1-10(2,3)16-9(15)11-5-6(12)4-7(11)8(13)14;10-9-5-4-7-2-1-3-8(7)6-9/h6-7,12H,4-5H2,1-3H3,(H,13,14);4-6H,1-3,10H2/t6-,7+;/m1./s1. The summed E-state index contributed by atoms with van der Waals surface area (Å²) in [5.74, 6) is -1.12. The first kappa shape index (κ1) is 20.0. The zero-order chi connectivity index (χ0) is 19.5. The first-order valence-electron chi connectivity index (χ1n) is 8.84. The third-order valence-corrected chi connectivity index (χ3v) is 4.31. The van der Waals surface area contributed by atoms with Crippen molar-refractivity contribution < 1.29 is 24.5 Å². The molecule has 0 spiro atoms.